The highest BCUT2D eigenvalue weighted by molar-refractivity contribution is 5.80. The monoisotopic (exact) mass is 366 g/mol. The van der Waals surface area contributed by atoms with E-state index in [1.165, 1.54) is 19.3 Å². The SMILES string of the molecule is CCNC(=NCC(C)N1CCOCC1C)NC1CC(OCC)C12CCC2. The van der Waals surface area contributed by atoms with E-state index in [0.29, 0.717) is 29.6 Å². The smallest absolute Gasteiger partial charge is 0.191 e. The minimum absolute atomic E-state index is 0.358. The van der Waals surface area contributed by atoms with Gasteiger partial charge in [0.05, 0.1) is 25.9 Å². The van der Waals surface area contributed by atoms with Crippen LogP contribution in [-0.4, -0.2) is 74.5 Å². The highest BCUT2D eigenvalue weighted by Gasteiger charge is 2.59. The van der Waals surface area contributed by atoms with Crippen molar-refractivity contribution >= 4 is 5.96 Å². The normalized spacial score (nSPS) is 32.6. The fourth-order valence-corrected chi connectivity index (χ4v) is 4.85. The van der Waals surface area contributed by atoms with E-state index in [9.17, 15) is 0 Å². The maximum absolute atomic E-state index is 5.98. The Bertz CT molecular complexity index is 480. The molecule has 1 heterocycles. The predicted octanol–water partition coefficient (Wildman–Crippen LogP) is 2.00. The van der Waals surface area contributed by atoms with Crippen molar-refractivity contribution in [1.29, 1.82) is 0 Å². The van der Waals surface area contributed by atoms with Gasteiger partial charge >= 0.3 is 0 Å². The van der Waals surface area contributed by atoms with Crippen molar-refractivity contribution in [2.75, 3.05) is 39.5 Å². The summed E-state index contributed by atoms with van der Waals surface area (Å²) in [6.45, 7) is 13.9. The molecule has 3 aliphatic rings. The third-order valence-corrected chi connectivity index (χ3v) is 6.59. The predicted molar refractivity (Wildman–Crippen MR) is 106 cm³/mol. The lowest BCUT2D eigenvalue weighted by Gasteiger charge is -2.61. The van der Waals surface area contributed by atoms with Crippen LogP contribution in [0.15, 0.2) is 4.99 Å². The molecule has 0 aromatic carbocycles. The minimum atomic E-state index is 0.358. The first kappa shape index (κ1) is 19.9. The van der Waals surface area contributed by atoms with Crippen LogP contribution in [0, 0.1) is 5.41 Å². The largest absolute Gasteiger partial charge is 0.379 e. The molecule has 3 fully saturated rings. The van der Waals surface area contributed by atoms with Gasteiger partial charge in [-0.3, -0.25) is 9.89 Å². The number of rotatable bonds is 7. The maximum Gasteiger partial charge on any atom is 0.191 e. The fourth-order valence-electron chi connectivity index (χ4n) is 4.85. The standard InChI is InChI=1S/C20H38N4O2/c1-5-21-19(22-13-15(3)24-10-11-25-14-16(24)4)23-17-12-18(26-6-2)20(17)8-7-9-20/h15-18H,5-14H2,1-4H3,(H2,21,22,23). The topological polar surface area (TPSA) is 58.1 Å². The van der Waals surface area contributed by atoms with E-state index in [1.807, 2.05) is 0 Å². The Morgan fingerprint density at radius 2 is 2.19 bits per heavy atom. The number of guanidine groups is 1. The number of nitrogens with one attached hydrogen (secondary N) is 2. The number of ether oxygens (including phenoxy) is 2. The third kappa shape index (κ3) is 4.02. The Morgan fingerprint density at radius 3 is 2.81 bits per heavy atom. The summed E-state index contributed by atoms with van der Waals surface area (Å²) in [4.78, 5) is 7.42. The van der Waals surface area contributed by atoms with E-state index in [-0.39, 0.29) is 0 Å². The molecule has 1 aliphatic heterocycles. The van der Waals surface area contributed by atoms with Gasteiger partial charge in [-0.1, -0.05) is 6.42 Å². The number of hydrogen-bond donors (Lipinski definition) is 2. The van der Waals surface area contributed by atoms with E-state index in [2.05, 4.69) is 43.2 Å². The molecule has 0 radical (unpaired) electrons. The fraction of sp³-hybridized carbons (Fsp3) is 0.950. The molecule has 0 bridgehead atoms. The molecule has 26 heavy (non-hydrogen) atoms. The Hall–Kier alpha value is -0.850. The molecular formula is C20H38N4O2. The Labute approximate surface area is 159 Å². The highest BCUT2D eigenvalue weighted by atomic mass is 16.5. The van der Waals surface area contributed by atoms with Gasteiger partial charge in [-0.2, -0.15) is 0 Å². The third-order valence-electron chi connectivity index (χ3n) is 6.59. The molecule has 1 saturated heterocycles. The van der Waals surface area contributed by atoms with E-state index < -0.39 is 0 Å². The van der Waals surface area contributed by atoms with Crippen LogP contribution in [0.1, 0.15) is 53.4 Å². The average Bonchev–Trinajstić information content (AvgIpc) is 2.57. The van der Waals surface area contributed by atoms with Gasteiger partial charge in [0.25, 0.3) is 0 Å². The van der Waals surface area contributed by atoms with Crippen molar-refractivity contribution in [3.05, 3.63) is 0 Å². The van der Waals surface area contributed by atoms with Gasteiger partial charge in [0.15, 0.2) is 5.96 Å². The molecule has 4 unspecified atom stereocenters. The summed E-state index contributed by atoms with van der Waals surface area (Å²) >= 11 is 0. The van der Waals surface area contributed by atoms with Gasteiger partial charge in [-0.15, -0.1) is 0 Å². The van der Waals surface area contributed by atoms with Gasteiger partial charge in [0.1, 0.15) is 0 Å². The zero-order valence-electron chi connectivity index (χ0n) is 17.1. The number of hydrogen-bond acceptors (Lipinski definition) is 4. The van der Waals surface area contributed by atoms with Crippen molar-refractivity contribution in [1.82, 2.24) is 15.5 Å². The summed E-state index contributed by atoms with van der Waals surface area (Å²) in [6.07, 6.45) is 5.46. The summed E-state index contributed by atoms with van der Waals surface area (Å²) in [5, 5.41) is 7.16. The first-order chi connectivity index (χ1) is 12.6. The lowest BCUT2D eigenvalue weighted by Crippen LogP contribution is -2.68. The lowest BCUT2D eigenvalue weighted by molar-refractivity contribution is -0.168. The molecule has 0 aromatic rings. The van der Waals surface area contributed by atoms with Crippen LogP contribution in [0.2, 0.25) is 0 Å². The first-order valence-electron chi connectivity index (χ1n) is 10.6. The molecule has 1 spiro atoms. The average molecular weight is 367 g/mol. The summed E-state index contributed by atoms with van der Waals surface area (Å²) in [5.41, 5.74) is 0.358. The molecule has 2 aliphatic carbocycles. The zero-order valence-corrected chi connectivity index (χ0v) is 17.1. The van der Waals surface area contributed by atoms with Crippen LogP contribution in [-0.2, 0) is 9.47 Å². The second kappa shape index (κ2) is 8.89. The molecule has 4 atom stereocenters. The van der Waals surface area contributed by atoms with Crippen LogP contribution in [0.5, 0.6) is 0 Å². The molecule has 6 nitrogen and oxygen atoms in total. The van der Waals surface area contributed by atoms with Crippen LogP contribution >= 0.6 is 0 Å². The van der Waals surface area contributed by atoms with Gasteiger partial charge in [-0.05, 0) is 47.0 Å². The molecule has 0 amide bonds. The summed E-state index contributed by atoms with van der Waals surface area (Å²) in [6, 6.07) is 1.41. The summed E-state index contributed by atoms with van der Waals surface area (Å²) < 4.78 is 11.5. The van der Waals surface area contributed by atoms with Gasteiger partial charge in [0.2, 0.25) is 0 Å². The number of morpholine rings is 1. The molecule has 6 heteroatoms. The van der Waals surface area contributed by atoms with Crippen molar-refractivity contribution in [3.8, 4) is 0 Å². The Kier molecular flexibility index (Phi) is 6.81. The van der Waals surface area contributed by atoms with Crippen molar-refractivity contribution in [3.63, 3.8) is 0 Å². The minimum Gasteiger partial charge on any atom is -0.379 e. The summed E-state index contributed by atoms with van der Waals surface area (Å²) in [7, 11) is 0. The lowest BCUT2D eigenvalue weighted by atomic mass is 9.51. The van der Waals surface area contributed by atoms with E-state index in [0.717, 1.165) is 51.8 Å². The Balaban J connectivity index is 1.56. The molecule has 150 valence electrons. The Morgan fingerprint density at radius 1 is 1.38 bits per heavy atom. The second-order valence-corrected chi connectivity index (χ2v) is 8.19. The zero-order chi connectivity index (χ0) is 18.6. The van der Waals surface area contributed by atoms with Gasteiger partial charge < -0.3 is 20.1 Å². The number of aliphatic imine (C=N–C) groups is 1. The highest BCUT2D eigenvalue weighted by Crippen LogP contribution is 2.57. The van der Waals surface area contributed by atoms with Crippen LogP contribution in [0.25, 0.3) is 0 Å². The maximum atomic E-state index is 5.98. The van der Waals surface area contributed by atoms with Crippen molar-refractivity contribution < 1.29 is 9.47 Å². The molecular weight excluding hydrogens is 328 g/mol. The van der Waals surface area contributed by atoms with Crippen molar-refractivity contribution in [2.45, 2.75) is 77.6 Å². The summed E-state index contributed by atoms with van der Waals surface area (Å²) in [5.74, 6) is 0.964. The molecule has 3 rings (SSSR count). The van der Waals surface area contributed by atoms with E-state index in [4.69, 9.17) is 14.5 Å². The first-order valence-corrected chi connectivity index (χ1v) is 10.6. The van der Waals surface area contributed by atoms with Gasteiger partial charge in [-0.25, -0.2) is 0 Å². The van der Waals surface area contributed by atoms with Gasteiger partial charge in [0, 0.05) is 43.2 Å². The second-order valence-electron chi connectivity index (χ2n) is 8.19. The van der Waals surface area contributed by atoms with E-state index >= 15 is 0 Å². The quantitative estimate of drug-likeness (QED) is 0.533. The van der Waals surface area contributed by atoms with Crippen molar-refractivity contribution in [2.24, 2.45) is 10.4 Å². The molecule has 2 saturated carbocycles. The van der Waals surface area contributed by atoms with E-state index in [1.54, 1.807) is 0 Å². The van der Waals surface area contributed by atoms with Crippen LogP contribution in [0.3, 0.4) is 0 Å². The number of nitrogens with zero attached hydrogens (tertiary/aromatic N) is 2. The molecule has 0 aromatic heterocycles. The van der Waals surface area contributed by atoms with Crippen LogP contribution < -0.4 is 10.6 Å². The van der Waals surface area contributed by atoms with Crippen LogP contribution in [0.4, 0.5) is 0 Å². The molecule has 2 N–H and O–H groups in total.